The van der Waals surface area contributed by atoms with Gasteiger partial charge in [0.25, 0.3) is 0 Å². The van der Waals surface area contributed by atoms with Crippen molar-refractivity contribution >= 4 is 5.91 Å². The first-order chi connectivity index (χ1) is 9.20. The predicted octanol–water partition coefficient (Wildman–Crippen LogP) is 2.88. The molecule has 2 rings (SSSR count). The molecule has 4 heteroatoms. The van der Waals surface area contributed by atoms with Gasteiger partial charge in [0.15, 0.2) is 0 Å². The second-order valence-electron chi connectivity index (χ2n) is 4.96. The van der Waals surface area contributed by atoms with Crippen molar-refractivity contribution < 1.29 is 9.18 Å². The van der Waals surface area contributed by atoms with E-state index < -0.39 is 11.7 Å². The van der Waals surface area contributed by atoms with Gasteiger partial charge in [-0.2, -0.15) is 5.26 Å². The standard InChI is InChI=1S/C15H17FN2O/c16-14-8-4-3-7-13(14)11(10-17)9-15(19)18-12-5-1-2-6-12/h3-4,7-8,11-12H,1-2,5-6,9H2,(H,18,19). The Bertz CT molecular complexity index is 489. The molecule has 0 spiro atoms. The highest BCUT2D eigenvalue weighted by atomic mass is 19.1. The van der Waals surface area contributed by atoms with E-state index in [-0.39, 0.29) is 18.4 Å². The van der Waals surface area contributed by atoms with Crippen LogP contribution < -0.4 is 5.32 Å². The SMILES string of the molecule is N#CC(CC(=O)NC1CCCC1)c1ccccc1F. The molecule has 0 aliphatic heterocycles. The molecule has 19 heavy (non-hydrogen) atoms. The van der Waals surface area contributed by atoms with Gasteiger partial charge in [0.2, 0.25) is 5.91 Å². The molecular formula is C15H17FN2O. The van der Waals surface area contributed by atoms with Crippen molar-refractivity contribution in [3.05, 3.63) is 35.6 Å². The number of amides is 1. The molecule has 1 aromatic rings. The molecular weight excluding hydrogens is 243 g/mol. The number of rotatable bonds is 4. The molecule has 1 N–H and O–H groups in total. The average Bonchev–Trinajstić information content (AvgIpc) is 2.89. The number of carbonyl (C=O) groups is 1. The Hall–Kier alpha value is -1.89. The zero-order valence-electron chi connectivity index (χ0n) is 10.7. The molecule has 1 amide bonds. The zero-order chi connectivity index (χ0) is 13.7. The number of hydrogen-bond acceptors (Lipinski definition) is 2. The molecule has 0 bridgehead atoms. The van der Waals surface area contributed by atoms with E-state index >= 15 is 0 Å². The van der Waals surface area contributed by atoms with Crippen LogP contribution in [-0.2, 0) is 4.79 Å². The Labute approximate surface area is 112 Å². The molecule has 1 aliphatic carbocycles. The van der Waals surface area contributed by atoms with E-state index in [1.165, 1.54) is 6.07 Å². The summed E-state index contributed by atoms with van der Waals surface area (Å²) in [5.41, 5.74) is 0.298. The van der Waals surface area contributed by atoms with Crippen LogP contribution >= 0.6 is 0 Å². The van der Waals surface area contributed by atoms with E-state index in [0.717, 1.165) is 25.7 Å². The molecule has 0 aromatic heterocycles. The summed E-state index contributed by atoms with van der Waals surface area (Å²) in [5.74, 6) is -1.31. The van der Waals surface area contributed by atoms with Crippen LogP contribution in [0.3, 0.4) is 0 Å². The highest BCUT2D eigenvalue weighted by Gasteiger charge is 2.22. The Morgan fingerprint density at radius 2 is 2.11 bits per heavy atom. The lowest BCUT2D eigenvalue weighted by Crippen LogP contribution is -2.33. The van der Waals surface area contributed by atoms with Crippen LogP contribution in [0, 0.1) is 17.1 Å². The first-order valence-corrected chi connectivity index (χ1v) is 6.64. The summed E-state index contributed by atoms with van der Waals surface area (Å²) in [6.07, 6.45) is 4.30. The Balaban J connectivity index is 1.97. The molecule has 1 aliphatic rings. The predicted molar refractivity (Wildman–Crippen MR) is 69.8 cm³/mol. The van der Waals surface area contributed by atoms with Crippen molar-refractivity contribution in [2.45, 2.75) is 44.1 Å². The third kappa shape index (κ3) is 3.54. The molecule has 0 saturated heterocycles. The molecule has 1 unspecified atom stereocenters. The van der Waals surface area contributed by atoms with E-state index in [2.05, 4.69) is 5.32 Å². The lowest BCUT2D eigenvalue weighted by atomic mass is 9.96. The quantitative estimate of drug-likeness (QED) is 0.905. The van der Waals surface area contributed by atoms with Gasteiger partial charge in [0.05, 0.1) is 12.0 Å². The maximum absolute atomic E-state index is 13.6. The summed E-state index contributed by atoms with van der Waals surface area (Å²) in [4.78, 5) is 11.9. The van der Waals surface area contributed by atoms with Crippen LogP contribution in [0.4, 0.5) is 4.39 Å². The number of hydrogen-bond donors (Lipinski definition) is 1. The fourth-order valence-electron chi connectivity index (χ4n) is 2.52. The minimum Gasteiger partial charge on any atom is -0.353 e. The monoisotopic (exact) mass is 260 g/mol. The van der Waals surface area contributed by atoms with Gasteiger partial charge < -0.3 is 5.32 Å². The number of nitriles is 1. The lowest BCUT2D eigenvalue weighted by molar-refractivity contribution is -0.121. The van der Waals surface area contributed by atoms with Crippen LogP contribution in [0.5, 0.6) is 0 Å². The highest BCUT2D eigenvalue weighted by molar-refractivity contribution is 5.77. The molecule has 0 radical (unpaired) electrons. The molecule has 1 saturated carbocycles. The van der Waals surface area contributed by atoms with Gasteiger partial charge in [-0.1, -0.05) is 31.0 Å². The molecule has 1 fully saturated rings. The van der Waals surface area contributed by atoms with Crippen molar-refractivity contribution in [3.8, 4) is 6.07 Å². The van der Waals surface area contributed by atoms with Crippen molar-refractivity contribution in [2.75, 3.05) is 0 Å². The number of carbonyl (C=O) groups excluding carboxylic acids is 1. The summed E-state index contributed by atoms with van der Waals surface area (Å²) in [6.45, 7) is 0. The number of halogens is 1. The zero-order valence-corrected chi connectivity index (χ0v) is 10.7. The number of nitrogens with zero attached hydrogens (tertiary/aromatic N) is 1. The van der Waals surface area contributed by atoms with Crippen LogP contribution in [-0.4, -0.2) is 11.9 Å². The van der Waals surface area contributed by atoms with Crippen LogP contribution in [0.2, 0.25) is 0 Å². The van der Waals surface area contributed by atoms with Gasteiger partial charge >= 0.3 is 0 Å². The van der Waals surface area contributed by atoms with E-state index in [1.807, 2.05) is 6.07 Å². The Kier molecular flexibility index (Phi) is 4.51. The maximum atomic E-state index is 13.6. The summed E-state index contributed by atoms with van der Waals surface area (Å²) < 4.78 is 13.6. The first kappa shape index (κ1) is 13.5. The molecule has 3 nitrogen and oxygen atoms in total. The minimum atomic E-state index is -0.720. The van der Waals surface area contributed by atoms with Gasteiger partial charge in [-0.15, -0.1) is 0 Å². The fraction of sp³-hybridized carbons (Fsp3) is 0.467. The topological polar surface area (TPSA) is 52.9 Å². The number of nitrogens with one attached hydrogen (secondary N) is 1. The van der Waals surface area contributed by atoms with Gasteiger partial charge in [0.1, 0.15) is 5.82 Å². The summed E-state index contributed by atoms with van der Waals surface area (Å²) in [6, 6.07) is 8.37. The van der Waals surface area contributed by atoms with Crippen molar-refractivity contribution in [1.29, 1.82) is 5.26 Å². The van der Waals surface area contributed by atoms with Gasteiger partial charge in [-0.3, -0.25) is 4.79 Å². The van der Waals surface area contributed by atoms with Crippen molar-refractivity contribution in [3.63, 3.8) is 0 Å². The van der Waals surface area contributed by atoms with E-state index in [4.69, 9.17) is 5.26 Å². The third-order valence-corrected chi connectivity index (χ3v) is 3.55. The van der Waals surface area contributed by atoms with Gasteiger partial charge in [-0.25, -0.2) is 4.39 Å². The third-order valence-electron chi connectivity index (χ3n) is 3.55. The molecule has 100 valence electrons. The smallest absolute Gasteiger partial charge is 0.221 e. The van der Waals surface area contributed by atoms with Gasteiger partial charge in [0, 0.05) is 18.0 Å². The fourth-order valence-corrected chi connectivity index (χ4v) is 2.52. The second-order valence-corrected chi connectivity index (χ2v) is 4.96. The second kappa shape index (κ2) is 6.33. The van der Waals surface area contributed by atoms with Crippen molar-refractivity contribution in [1.82, 2.24) is 5.32 Å². The van der Waals surface area contributed by atoms with E-state index in [0.29, 0.717) is 5.56 Å². The summed E-state index contributed by atoms with van der Waals surface area (Å²) >= 11 is 0. The largest absolute Gasteiger partial charge is 0.353 e. The molecule has 1 aromatic carbocycles. The van der Waals surface area contributed by atoms with Gasteiger partial charge in [-0.05, 0) is 18.9 Å². The first-order valence-electron chi connectivity index (χ1n) is 6.64. The normalized spacial score (nSPS) is 16.8. The number of benzene rings is 1. The summed E-state index contributed by atoms with van der Waals surface area (Å²) in [5, 5.41) is 12.0. The average molecular weight is 260 g/mol. The molecule has 1 atom stereocenters. The molecule has 0 heterocycles. The summed E-state index contributed by atoms with van der Waals surface area (Å²) in [7, 11) is 0. The Morgan fingerprint density at radius 1 is 1.42 bits per heavy atom. The minimum absolute atomic E-state index is 0.0218. The highest BCUT2D eigenvalue weighted by Crippen LogP contribution is 2.23. The maximum Gasteiger partial charge on any atom is 0.221 e. The Morgan fingerprint density at radius 3 is 2.74 bits per heavy atom. The van der Waals surface area contributed by atoms with E-state index in [1.54, 1.807) is 18.2 Å². The van der Waals surface area contributed by atoms with Crippen LogP contribution in [0.25, 0.3) is 0 Å². The van der Waals surface area contributed by atoms with Crippen LogP contribution in [0.1, 0.15) is 43.6 Å². The van der Waals surface area contributed by atoms with Crippen molar-refractivity contribution in [2.24, 2.45) is 0 Å². The lowest BCUT2D eigenvalue weighted by Gasteiger charge is -2.14. The van der Waals surface area contributed by atoms with Crippen LogP contribution in [0.15, 0.2) is 24.3 Å². The van der Waals surface area contributed by atoms with E-state index in [9.17, 15) is 9.18 Å².